The van der Waals surface area contributed by atoms with Crippen LogP contribution in [0.3, 0.4) is 0 Å². The van der Waals surface area contributed by atoms with Crippen LogP contribution in [-0.2, 0) is 4.74 Å². The van der Waals surface area contributed by atoms with Gasteiger partial charge in [-0.15, -0.1) is 0 Å². The highest BCUT2D eigenvalue weighted by molar-refractivity contribution is 6.07. The highest BCUT2D eigenvalue weighted by Crippen LogP contribution is 2.26. The van der Waals surface area contributed by atoms with Gasteiger partial charge in [0.15, 0.2) is 0 Å². The quantitative estimate of drug-likeness (QED) is 0.854. The first-order chi connectivity index (χ1) is 11.5. The molecule has 126 valence electrons. The number of nitrogens with one attached hydrogen (secondary N) is 1. The van der Waals surface area contributed by atoms with Crippen molar-refractivity contribution in [3.63, 3.8) is 0 Å². The summed E-state index contributed by atoms with van der Waals surface area (Å²) in [5.74, 6) is 0.136. The van der Waals surface area contributed by atoms with Crippen LogP contribution in [0.5, 0.6) is 11.5 Å². The molecule has 0 unspecified atom stereocenters. The van der Waals surface area contributed by atoms with Gasteiger partial charge < -0.3 is 19.5 Å². The van der Waals surface area contributed by atoms with E-state index in [2.05, 4.69) is 5.32 Å². The summed E-state index contributed by atoms with van der Waals surface area (Å²) in [6.45, 7) is 1.83. The van der Waals surface area contributed by atoms with Crippen LogP contribution < -0.4 is 14.8 Å². The number of carbonyl (C=O) groups is 2. The molecule has 0 atom stereocenters. The van der Waals surface area contributed by atoms with E-state index in [1.54, 1.807) is 36.4 Å². The van der Waals surface area contributed by atoms with E-state index in [9.17, 15) is 9.59 Å². The highest BCUT2D eigenvalue weighted by Gasteiger charge is 2.16. The van der Waals surface area contributed by atoms with E-state index in [1.807, 2.05) is 6.92 Å². The summed E-state index contributed by atoms with van der Waals surface area (Å²) < 4.78 is 15.1. The Morgan fingerprint density at radius 1 is 0.958 bits per heavy atom. The monoisotopic (exact) mass is 329 g/mol. The molecule has 24 heavy (non-hydrogen) atoms. The van der Waals surface area contributed by atoms with Crippen LogP contribution in [0.4, 0.5) is 5.69 Å². The second-order valence-corrected chi connectivity index (χ2v) is 5.04. The zero-order valence-electron chi connectivity index (χ0n) is 14.0. The highest BCUT2D eigenvalue weighted by atomic mass is 16.5. The molecule has 2 rings (SSSR count). The summed E-state index contributed by atoms with van der Waals surface area (Å²) in [5, 5.41) is 2.79. The van der Waals surface area contributed by atoms with Gasteiger partial charge in [0.05, 0.1) is 32.5 Å². The average molecular weight is 329 g/mol. The number of esters is 1. The molecule has 0 spiro atoms. The molecule has 2 aromatic rings. The van der Waals surface area contributed by atoms with Crippen molar-refractivity contribution < 1.29 is 23.8 Å². The molecule has 0 aromatic heterocycles. The molecule has 0 saturated carbocycles. The first-order valence-electron chi connectivity index (χ1n) is 7.22. The molecule has 0 aliphatic rings. The normalized spacial score (nSPS) is 10.0. The number of methoxy groups -OCH3 is 3. The molecule has 0 radical (unpaired) electrons. The lowest BCUT2D eigenvalue weighted by Crippen LogP contribution is -2.15. The average Bonchev–Trinajstić information content (AvgIpc) is 2.62. The standard InChI is InChI=1S/C18H19NO5/c1-11-5-6-12(18(21)24-4)9-15(11)19-17(20)14-10-13(22-2)7-8-16(14)23-3/h5-10H,1-4H3,(H,19,20). The lowest BCUT2D eigenvalue weighted by Gasteiger charge is -2.13. The number of ether oxygens (including phenoxy) is 3. The maximum Gasteiger partial charge on any atom is 0.337 e. The lowest BCUT2D eigenvalue weighted by molar-refractivity contribution is 0.0600. The Balaban J connectivity index is 2.34. The molecule has 0 aliphatic heterocycles. The topological polar surface area (TPSA) is 73.9 Å². The Kier molecular flexibility index (Phi) is 5.42. The van der Waals surface area contributed by atoms with E-state index in [0.29, 0.717) is 28.3 Å². The Bertz CT molecular complexity index is 770. The van der Waals surface area contributed by atoms with Crippen LogP contribution in [-0.4, -0.2) is 33.2 Å². The number of amides is 1. The molecule has 0 heterocycles. The van der Waals surface area contributed by atoms with E-state index in [1.165, 1.54) is 21.3 Å². The van der Waals surface area contributed by atoms with Crippen LogP contribution in [0.1, 0.15) is 26.3 Å². The van der Waals surface area contributed by atoms with Crippen molar-refractivity contribution >= 4 is 17.6 Å². The Morgan fingerprint density at radius 2 is 1.71 bits per heavy atom. The largest absolute Gasteiger partial charge is 0.497 e. The van der Waals surface area contributed by atoms with E-state index >= 15 is 0 Å². The summed E-state index contributed by atoms with van der Waals surface area (Å²) in [7, 11) is 4.32. The van der Waals surface area contributed by atoms with Gasteiger partial charge in [-0.3, -0.25) is 4.79 Å². The van der Waals surface area contributed by atoms with Crippen molar-refractivity contribution in [2.45, 2.75) is 6.92 Å². The number of hydrogen-bond donors (Lipinski definition) is 1. The maximum absolute atomic E-state index is 12.6. The van der Waals surface area contributed by atoms with Gasteiger partial charge in [-0.25, -0.2) is 4.79 Å². The van der Waals surface area contributed by atoms with Crippen molar-refractivity contribution in [3.05, 3.63) is 53.1 Å². The van der Waals surface area contributed by atoms with Crippen molar-refractivity contribution in [1.29, 1.82) is 0 Å². The predicted octanol–water partition coefficient (Wildman–Crippen LogP) is 3.05. The third-order valence-corrected chi connectivity index (χ3v) is 3.56. The molecule has 0 saturated heterocycles. The number of carbonyl (C=O) groups excluding carboxylic acids is 2. The molecular weight excluding hydrogens is 310 g/mol. The summed E-state index contributed by atoms with van der Waals surface area (Å²) in [6, 6.07) is 9.91. The third-order valence-electron chi connectivity index (χ3n) is 3.56. The number of benzene rings is 2. The van der Waals surface area contributed by atoms with Gasteiger partial charge in [0, 0.05) is 5.69 Å². The second kappa shape index (κ2) is 7.50. The van der Waals surface area contributed by atoms with Crippen molar-refractivity contribution in [2.75, 3.05) is 26.6 Å². The van der Waals surface area contributed by atoms with E-state index in [-0.39, 0.29) is 5.91 Å². The van der Waals surface area contributed by atoms with Crippen LogP contribution in [0, 0.1) is 6.92 Å². The molecule has 2 aromatic carbocycles. The number of rotatable bonds is 5. The van der Waals surface area contributed by atoms with Crippen molar-refractivity contribution in [2.24, 2.45) is 0 Å². The molecule has 1 amide bonds. The number of hydrogen-bond acceptors (Lipinski definition) is 5. The first kappa shape index (κ1) is 17.3. The zero-order chi connectivity index (χ0) is 17.7. The van der Waals surface area contributed by atoms with Gasteiger partial charge in [-0.1, -0.05) is 6.07 Å². The fourth-order valence-corrected chi connectivity index (χ4v) is 2.18. The molecule has 1 N–H and O–H groups in total. The zero-order valence-corrected chi connectivity index (χ0v) is 14.0. The minimum Gasteiger partial charge on any atom is -0.497 e. The van der Waals surface area contributed by atoms with Gasteiger partial charge in [0.25, 0.3) is 5.91 Å². The predicted molar refractivity (Wildman–Crippen MR) is 90.0 cm³/mol. The van der Waals surface area contributed by atoms with E-state index in [0.717, 1.165) is 5.56 Å². The van der Waals surface area contributed by atoms with Crippen LogP contribution in [0.25, 0.3) is 0 Å². The molecule has 6 heteroatoms. The van der Waals surface area contributed by atoms with Gasteiger partial charge in [0.1, 0.15) is 11.5 Å². The second-order valence-electron chi connectivity index (χ2n) is 5.04. The summed E-state index contributed by atoms with van der Waals surface area (Å²) in [6.07, 6.45) is 0. The van der Waals surface area contributed by atoms with Crippen LogP contribution in [0.2, 0.25) is 0 Å². The SMILES string of the molecule is COC(=O)c1ccc(C)c(NC(=O)c2cc(OC)ccc2OC)c1. The van der Waals surface area contributed by atoms with Gasteiger partial charge in [0.2, 0.25) is 0 Å². The Morgan fingerprint density at radius 3 is 2.33 bits per heavy atom. The Labute approximate surface area is 140 Å². The molecule has 6 nitrogen and oxygen atoms in total. The minimum absolute atomic E-state index is 0.333. The number of aryl methyl sites for hydroxylation is 1. The van der Waals surface area contributed by atoms with E-state index in [4.69, 9.17) is 14.2 Å². The first-order valence-corrected chi connectivity index (χ1v) is 7.22. The molecule has 0 bridgehead atoms. The molecule has 0 aliphatic carbocycles. The van der Waals surface area contributed by atoms with Crippen LogP contribution in [0.15, 0.2) is 36.4 Å². The van der Waals surface area contributed by atoms with Crippen molar-refractivity contribution in [3.8, 4) is 11.5 Å². The maximum atomic E-state index is 12.6. The fourth-order valence-electron chi connectivity index (χ4n) is 2.18. The minimum atomic E-state index is -0.468. The smallest absolute Gasteiger partial charge is 0.337 e. The summed E-state index contributed by atoms with van der Waals surface area (Å²) >= 11 is 0. The van der Waals surface area contributed by atoms with Gasteiger partial charge in [-0.2, -0.15) is 0 Å². The van der Waals surface area contributed by atoms with Crippen molar-refractivity contribution in [1.82, 2.24) is 0 Å². The lowest BCUT2D eigenvalue weighted by atomic mass is 10.1. The summed E-state index contributed by atoms with van der Waals surface area (Å²) in [4.78, 5) is 24.2. The Hall–Kier alpha value is -3.02. The molecule has 0 fully saturated rings. The van der Waals surface area contributed by atoms with Gasteiger partial charge >= 0.3 is 5.97 Å². The third kappa shape index (κ3) is 3.65. The van der Waals surface area contributed by atoms with Crippen LogP contribution >= 0.6 is 0 Å². The summed E-state index contributed by atoms with van der Waals surface area (Å²) in [5.41, 5.74) is 2.03. The molecular formula is C18H19NO5. The van der Waals surface area contributed by atoms with E-state index < -0.39 is 5.97 Å². The van der Waals surface area contributed by atoms with Gasteiger partial charge in [-0.05, 0) is 42.8 Å². The fraction of sp³-hybridized carbons (Fsp3) is 0.222. The number of anilines is 1.